The SMILES string of the molecule is CNCc1csc(-c2cnnn2C)c1. The number of nitrogens with zero attached hydrogens (tertiary/aromatic N) is 3. The van der Waals surface area contributed by atoms with Gasteiger partial charge in [0.05, 0.1) is 16.8 Å². The van der Waals surface area contributed by atoms with Crippen molar-refractivity contribution in [2.45, 2.75) is 6.54 Å². The molecule has 1 N–H and O–H groups in total. The smallest absolute Gasteiger partial charge is 0.0981 e. The lowest BCUT2D eigenvalue weighted by Gasteiger charge is -1.95. The monoisotopic (exact) mass is 208 g/mol. The number of nitrogens with one attached hydrogen (secondary N) is 1. The minimum absolute atomic E-state index is 0.905. The van der Waals surface area contributed by atoms with Crippen molar-refractivity contribution in [3.63, 3.8) is 0 Å². The van der Waals surface area contributed by atoms with Gasteiger partial charge in [0.25, 0.3) is 0 Å². The third-order valence-corrected chi connectivity index (χ3v) is 3.00. The van der Waals surface area contributed by atoms with Gasteiger partial charge in [-0.15, -0.1) is 16.4 Å². The van der Waals surface area contributed by atoms with E-state index in [1.165, 1.54) is 10.4 Å². The molecule has 4 nitrogen and oxygen atoms in total. The zero-order chi connectivity index (χ0) is 9.97. The summed E-state index contributed by atoms with van der Waals surface area (Å²) < 4.78 is 1.79. The molecule has 0 spiro atoms. The molecule has 0 atom stereocenters. The van der Waals surface area contributed by atoms with Crippen LogP contribution in [0, 0.1) is 0 Å². The molecule has 2 heterocycles. The molecular weight excluding hydrogens is 196 g/mol. The molecular formula is C9H12N4S. The van der Waals surface area contributed by atoms with E-state index in [1.807, 2.05) is 14.1 Å². The Bertz CT molecular complexity index is 418. The summed E-state index contributed by atoms with van der Waals surface area (Å²) in [5.74, 6) is 0. The van der Waals surface area contributed by atoms with Crippen molar-refractivity contribution >= 4 is 11.3 Å². The fourth-order valence-electron chi connectivity index (χ4n) is 1.32. The highest BCUT2D eigenvalue weighted by atomic mass is 32.1. The van der Waals surface area contributed by atoms with Crippen LogP contribution in [0.3, 0.4) is 0 Å². The van der Waals surface area contributed by atoms with E-state index < -0.39 is 0 Å². The Balaban J connectivity index is 2.29. The Morgan fingerprint density at radius 2 is 2.43 bits per heavy atom. The van der Waals surface area contributed by atoms with E-state index in [-0.39, 0.29) is 0 Å². The van der Waals surface area contributed by atoms with E-state index in [2.05, 4.69) is 27.1 Å². The fraction of sp³-hybridized carbons (Fsp3) is 0.333. The summed E-state index contributed by atoms with van der Waals surface area (Å²) in [6, 6.07) is 2.17. The van der Waals surface area contributed by atoms with Gasteiger partial charge in [0, 0.05) is 13.6 Å². The Labute approximate surface area is 86.6 Å². The van der Waals surface area contributed by atoms with Crippen LogP contribution in [0.1, 0.15) is 5.56 Å². The molecule has 5 heteroatoms. The summed E-state index contributed by atoms with van der Waals surface area (Å²) in [5, 5.41) is 13.0. The number of aryl methyl sites for hydroxylation is 1. The maximum Gasteiger partial charge on any atom is 0.0981 e. The minimum Gasteiger partial charge on any atom is -0.316 e. The van der Waals surface area contributed by atoms with Gasteiger partial charge in [0.15, 0.2) is 0 Å². The van der Waals surface area contributed by atoms with Gasteiger partial charge in [0.2, 0.25) is 0 Å². The van der Waals surface area contributed by atoms with Gasteiger partial charge >= 0.3 is 0 Å². The van der Waals surface area contributed by atoms with Crippen molar-refractivity contribution in [3.05, 3.63) is 23.2 Å². The van der Waals surface area contributed by atoms with Gasteiger partial charge in [-0.1, -0.05) is 5.21 Å². The molecule has 0 saturated carbocycles. The summed E-state index contributed by atoms with van der Waals surface area (Å²) >= 11 is 1.72. The van der Waals surface area contributed by atoms with Crippen LogP contribution in [0.25, 0.3) is 10.6 Å². The lowest BCUT2D eigenvalue weighted by Crippen LogP contribution is -2.03. The summed E-state index contributed by atoms with van der Waals surface area (Å²) in [7, 11) is 3.85. The van der Waals surface area contributed by atoms with Crippen LogP contribution >= 0.6 is 11.3 Å². The Hall–Kier alpha value is -1.20. The molecule has 0 aromatic carbocycles. The quantitative estimate of drug-likeness (QED) is 0.826. The highest BCUT2D eigenvalue weighted by Crippen LogP contribution is 2.25. The van der Waals surface area contributed by atoms with Crippen LogP contribution in [-0.4, -0.2) is 22.0 Å². The van der Waals surface area contributed by atoms with Crippen LogP contribution in [0.5, 0.6) is 0 Å². The first-order valence-electron chi connectivity index (χ1n) is 4.38. The van der Waals surface area contributed by atoms with E-state index in [9.17, 15) is 0 Å². The lowest BCUT2D eigenvalue weighted by atomic mass is 10.3. The van der Waals surface area contributed by atoms with Crippen LogP contribution < -0.4 is 5.32 Å². The standard InChI is InChI=1S/C9H12N4S/c1-10-4-7-3-9(14-6-7)8-5-11-12-13(8)2/h3,5-6,10H,4H2,1-2H3. The first kappa shape index (κ1) is 9.36. The molecule has 0 aliphatic rings. The largest absolute Gasteiger partial charge is 0.316 e. The van der Waals surface area contributed by atoms with E-state index in [0.29, 0.717) is 0 Å². The second-order valence-electron chi connectivity index (χ2n) is 3.09. The fourth-order valence-corrected chi connectivity index (χ4v) is 2.27. The average Bonchev–Trinajstić information content (AvgIpc) is 2.74. The molecule has 74 valence electrons. The van der Waals surface area contributed by atoms with E-state index in [0.717, 1.165) is 12.2 Å². The van der Waals surface area contributed by atoms with Gasteiger partial charge in [-0.05, 0) is 24.1 Å². The van der Waals surface area contributed by atoms with Crippen LogP contribution in [0.4, 0.5) is 0 Å². The summed E-state index contributed by atoms with van der Waals surface area (Å²) in [6.07, 6.45) is 1.79. The van der Waals surface area contributed by atoms with Crippen molar-refractivity contribution in [3.8, 4) is 10.6 Å². The van der Waals surface area contributed by atoms with Gasteiger partial charge in [-0.2, -0.15) is 0 Å². The molecule has 0 saturated heterocycles. The number of aromatic nitrogens is 3. The Morgan fingerprint density at radius 3 is 3.07 bits per heavy atom. The normalized spacial score (nSPS) is 10.7. The highest BCUT2D eigenvalue weighted by Gasteiger charge is 2.06. The number of thiophene rings is 1. The molecule has 0 aliphatic heterocycles. The third-order valence-electron chi connectivity index (χ3n) is 2.00. The van der Waals surface area contributed by atoms with Gasteiger partial charge in [-0.25, -0.2) is 4.68 Å². The van der Waals surface area contributed by atoms with E-state index in [1.54, 1.807) is 22.2 Å². The lowest BCUT2D eigenvalue weighted by molar-refractivity contribution is 0.721. The van der Waals surface area contributed by atoms with Gasteiger partial charge < -0.3 is 5.32 Å². The Morgan fingerprint density at radius 1 is 1.57 bits per heavy atom. The van der Waals surface area contributed by atoms with Crippen molar-refractivity contribution in [1.29, 1.82) is 0 Å². The second kappa shape index (κ2) is 3.89. The van der Waals surface area contributed by atoms with Crippen molar-refractivity contribution in [2.75, 3.05) is 7.05 Å². The molecule has 0 bridgehead atoms. The molecule has 2 aromatic heterocycles. The molecule has 2 rings (SSSR count). The molecule has 14 heavy (non-hydrogen) atoms. The van der Waals surface area contributed by atoms with Crippen molar-refractivity contribution in [2.24, 2.45) is 7.05 Å². The zero-order valence-corrected chi connectivity index (χ0v) is 9.01. The molecule has 0 fully saturated rings. The van der Waals surface area contributed by atoms with Gasteiger partial charge in [-0.3, -0.25) is 0 Å². The maximum atomic E-state index is 3.91. The minimum atomic E-state index is 0.905. The predicted molar refractivity (Wildman–Crippen MR) is 57.1 cm³/mol. The Kier molecular flexibility index (Phi) is 2.60. The predicted octanol–water partition coefficient (Wildman–Crippen LogP) is 1.26. The summed E-state index contributed by atoms with van der Waals surface area (Å²) in [6.45, 7) is 0.905. The second-order valence-corrected chi connectivity index (χ2v) is 4.00. The average molecular weight is 208 g/mol. The van der Waals surface area contributed by atoms with Crippen LogP contribution in [0.2, 0.25) is 0 Å². The number of hydrogen-bond acceptors (Lipinski definition) is 4. The van der Waals surface area contributed by atoms with Crippen molar-refractivity contribution < 1.29 is 0 Å². The van der Waals surface area contributed by atoms with Crippen LogP contribution in [-0.2, 0) is 13.6 Å². The molecule has 0 aliphatic carbocycles. The first-order chi connectivity index (χ1) is 6.81. The maximum absolute atomic E-state index is 3.91. The molecule has 2 aromatic rings. The molecule has 0 unspecified atom stereocenters. The summed E-state index contributed by atoms with van der Waals surface area (Å²) in [5.41, 5.74) is 2.37. The zero-order valence-electron chi connectivity index (χ0n) is 8.19. The van der Waals surface area contributed by atoms with E-state index in [4.69, 9.17) is 0 Å². The number of hydrogen-bond donors (Lipinski definition) is 1. The molecule has 0 radical (unpaired) electrons. The third kappa shape index (κ3) is 1.69. The topological polar surface area (TPSA) is 42.7 Å². The van der Waals surface area contributed by atoms with Crippen molar-refractivity contribution in [1.82, 2.24) is 20.3 Å². The first-order valence-corrected chi connectivity index (χ1v) is 5.26. The van der Waals surface area contributed by atoms with Gasteiger partial charge in [0.1, 0.15) is 0 Å². The van der Waals surface area contributed by atoms with E-state index >= 15 is 0 Å². The summed E-state index contributed by atoms with van der Waals surface area (Å²) in [4.78, 5) is 1.21. The highest BCUT2D eigenvalue weighted by molar-refractivity contribution is 7.13. The molecule has 0 amide bonds. The number of rotatable bonds is 3. The van der Waals surface area contributed by atoms with Crippen LogP contribution in [0.15, 0.2) is 17.6 Å².